The van der Waals surface area contributed by atoms with Crippen molar-refractivity contribution in [2.45, 2.75) is 6.42 Å². The van der Waals surface area contributed by atoms with Crippen LogP contribution in [-0.2, 0) is 6.42 Å². The monoisotopic (exact) mass is 287 g/mol. The molecule has 0 unspecified atom stereocenters. The highest BCUT2D eigenvalue weighted by molar-refractivity contribution is 6.34. The molecule has 0 saturated heterocycles. The number of nitrogens with one attached hydrogen (secondary N) is 1. The Hall–Kier alpha value is -1.73. The third-order valence-corrected chi connectivity index (χ3v) is 2.46. The number of hydrogen-bond acceptors (Lipinski definition) is 6. The van der Waals surface area contributed by atoms with Gasteiger partial charge < -0.3 is 9.84 Å². The highest BCUT2D eigenvalue weighted by atomic mass is 35.5. The molecular weight excluding hydrogens is 281 g/mol. The molecule has 1 N–H and O–H groups in total. The maximum absolute atomic E-state index is 11.8. The normalized spacial score (nSPS) is 10.3. The topological polar surface area (TPSA) is 93.8 Å². The summed E-state index contributed by atoms with van der Waals surface area (Å²) in [4.78, 5) is 15.6. The van der Waals surface area contributed by atoms with Gasteiger partial charge in [-0.05, 0) is 6.07 Å². The van der Waals surface area contributed by atoms with Crippen molar-refractivity contribution in [3.63, 3.8) is 0 Å². The van der Waals surface area contributed by atoms with Crippen LogP contribution in [0.15, 0.2) is 16.9 Å². The first-order chi connectivity index (χ1) is 8.66. The summed E-state index contributed by atoms with van der Waals surface area (Å²) < 4.78 is 4.78. The standard InChI is InChI=1S/C9H7Cl2N5O2/c10-6-3-5(8(11)16-15-6)9(17)12-2-1-7-13-4-14-18-7/h3-4H,1-2H2,(H,12,17). The molecule has 0 saturated carbocycles. The lowest BCUT2D eigenvalue weighted by molar-refractivity contribution is 0.0953. The lowest BCUT2D eigenvalue weighted by Crippen LogP contribution is -2.26. The van der Waals surface area contributed by atoms with Gasteiger partial charge in [0.05, 0.1) is 5.56 Å². The average Bonchev–Trinajstić information content (AvgIpc) is 2.85. The van der Waals surface area contributed by atoms with Crippen LogP contribution in [0.3, 0.4) is 0 Å². The second kappa shape index (κ2) is 5.74. The van der Waals surface area contributed by atoms with Crippen molar-refractivity contribution >= 4 is 29.1 Å². The summed E-state index contributed by atoms with van der Waals surface area (Å²) in [6.07, 6.45) is 1.72. The zero-order chi connectivity index (χ0) is 13.0. The van der Waals surface area contributed by atoms with Gasteiger partial charge in [-0.25, -0.2) is 0 Å². The van der Waals surface area contributed by atoms with E-state index in [1.807, 2.05) is 0 Å². The molecule has 7 nitrogen and oxygen atoms in total. The lowest BCUT2D eigenvalue weighted by Gasteiger charge is -2.04. The van der Waals surface area contributed by atoms with E-state index in [1.54, 1.807) is 0 Å². The zero-order valence-corrected chi connectivity index (χ0v) is 10.4. The number of carbonyl (C=O) groups excluding carboxylic acids is 1. The summed E-state index contributed by atoms with van der Waals surface area (Å²) >= 11 is 11.4. The van der Waals surface area contributed by atoms with Gasteiger partial charge >= 0.3 is 0 Å². The maximum Gasteiger partial charge on any atom is 0.254 e. The van der Waals surface area contributed by atoms with Crippen molar-refractivity contribution in [1.82, 2.24) is 25.7 Å². The fourth-order valence-corrected chi connectivity index (χ4v) is 1.52. The Morgan fingerprint density at radius 3 is 2.94 bits per heavy atom. The second-order valence-electron chi connectivity index (χ2n) is 3.21. The lowest BCUT2D eigenvalue weighted by atomic mass is 10.3. The number of hydrogen-bond donors (Lipinski definition) is 1. The molecule has 2 rings (SSSR count). The Labute approximate surface area is 111 Å². The molecule has 0 atom stereocenters. The van der Waals surface area contributed by atoms with Crippen molar-refractivity contribution < 1.29 is 9.32 Å². The molecule has 0 aliphatic rings. The Balaban J connectivity index is 1.93. The zero-order valence-electron chi connectivity index (χ0n) is 8.93. The van der Waals surface area contributed by atoms with Gasteiger partial charge in [0, 0.05) is 13.0 Å². The summed E-state index contributed by atoms with van der Waals surface area (Å²) in [6, 6.07) is 1.35. The van der Waals surface area contributed by atoms with Crippen molar-refractivity contribution in [3.8, 4) is 0 Å². The number of rotatable bonds is 4. The average molecular weight is 288 g/mol. The van der Waals surface area contributed by atoms with E-state index in [9.17, 15) is 4.79 Å². The molecule has 18 heavy (non-hydrogen) atoms. The van der Waals surface area contributed by atoms with E-state index in [0.29, 0.717) is 18.9 Å². The number of halogens is 2. The minimum Gasteiger partial charge on any atom is -0.351 e. The van der Waals surface area contributed by atoms with Crippen LogP contribution in [0.2, 0.25) is 10.3 Å². The van der Waals surface area contributed by atoms with E-state index in [-0.39, 0.29) is 15.9 Å². The van der Waals surface area contributed by atoms with Crippen LogP contribution in [0.25, 0.3) is 0 Å². The van der Waals surface area contributed by atoms with Gasteiger partial charge in [-0.2, -0.15) is 4.98 Å². The van der Waals surface area contributed by atoms with Crippen LogP contribution < -0.4 is 5.32 Å². The molecule has 2 heterocycles. The van der Waals surface area contributed by atoms with Crippen LogP contribution in [0.5, 0.6) is 0 Å². The summed E-state index contributed by atoms with van der Waals surface area (Å²) in [5.41, 5.74) is 0.169. The largest absolute Gasteiger partial charge is 0.351 e. The van der Waals surface area contributed by atoms with Crippen LogP contribution in [-0.4, -0.2) is 32.8 Å². The van der Waals surface area contributed by atoms with Gasteiger partial charge in [-0.1, -0.05) is 28.4 Å². The molecule has 0 aliphatic carbocycles. The summed E-state index contributed by atoms with van der Waals surface area (Å²) in [5.74, 6) is 0.0450. The Bertz CT molecular complexity index is 546. The molecule has 0 spiro atoms. The minimum atomic E-state index is -0.392. The van der Waals surface area contributed by atoms with Crippen molar-refractivity contribution in [2.75, 3.05) is 6.54 Å². The Morgan fingerprint density at radius 2 is 2.22 bits per heavy atom. The summed E-state index contributed by atoms with van der Waals surface area (Å²) in [7, 11) is 0. The molecule has 0 bridgehead atoms. The van der Waals surface area contributed by atoms with Crippen LogP contribution in [0, 0.1) is 0 Å². The van der Waals surface area contributed by atoms with Crippen LogP contribution in [0.1, 0.15) is 16.2 Å². The minimum absolute atomic E-state index is 0.00492. The first-order valence-corrected chi connectivity index (χ1v) is 5.65. The number of carbonyl (C=O) groups is 1. The molecular formula is C9H7Cl2N5O2. The Morgan fingerprint density at radius 1 is 1.39 bits per heavy atom. The molecule has 2 aromatic rings. The highest BCUT2D eigenvalue weighted by Gasteiger charge is 2.13. The van der Waals surface area contributed by atoms with Crippen molar-refractivity contribution in [2.24, 2.45) is 0 Å². The van der Waals surface area contributed by atoms with E-state index in [1.165, 1.54) is 12.4 Å². The van der Waals surface area contributed by atoms with Gasteiger partial charge in [0.1, 0.15) is 0 Å². The smallest absolute Gasteiger partial charge is 0.254 e. The van der Waals surface area contributed by atoms with E-state index in [0.717, 1.165) is 0 Å². The summed E-state index contributed by atoms with van der Waals surface area (Å²) in [5, 5.41) is 13.2. The van der Waals surface area contributed by atoms with Gasteiger partial charge in [0.15, 0.2) is 16.6 Å². The van der Waals surface area contributed by atoms with E-state index < -0.39 is 5.91 Å². The molecule has 9 heteroatoms. The quantitative estimate of drug-likeness (QED) is 0.906. The number of amides is 1. The van der Waals surface area contributed by atoms with Gasteiger partial charge in [0.25, 0.3) is 5.91 Å². The molecule has 0 fully saturated rings. The highest BCUT2D eigenvalue weighted by Crippen LogP contribution is 2.14. The fourth-order valence-electron chi connectivity index (χ4n) is 1.20. The third kappa shape index (κ3) is 3.14. The van der Waals surface area contributed by atoms with Crippen LogP contribution >= 0.6 is 23.2 Å². The van der Waals surface area contributed by atoms with Gasteiger partial charge in [-0.15, -0.1) is 10.2 Å². The van der Waals surface area contributed by atoms with E-state index >= 15 is 0 Å². The van der Waals surface area contributed by atoms with E-state index in [2.05, 4.69) is 25.7 Å². The summed E-state index contributed by atoms with van der Waals surface area (Å²) in [6.45, 7) is 0.331. The molecule has 0 aliphatic heterocycles. The fraction of sp³-hybridized carbons (Fsp3) is 0.222. The predicted molar refractivity (Wildman–Crippen MR) is 62.4 cm³/mol. The first-order valence-electron chi connectivity index (χ1n) is 4.89. The SMILES string of the molecule is O=C(NCCc1ncno1)c1cc(Cl)nnc1Cl. The van der Waals surface area contributed by atoms with Crippen molar-refractivity contribution in [3.05, 3.63) is 34.2 Å². The van der Waals surface area contributed by atoms with E-state index in [4.69, 9.17) is 27.7 Å². The van der Waals surface area contributed by atoms with Crippen molar-refractivity contribution in [1.29, 1.82) is 0 Å². The molecule has 0 radical (unpaired) electrons. The van der Waals surface area contributed by atoms with Gasteiger partial charge in [-0.3, -0.25) is 4.79 Å². The predicted octanol–water partition coefficient (Wildman–Crippen LogP) is 1.14. The second-order valence-corrected chi connectivity index (χ2v) is 3.96. The first kappa shape index (κ1) is 12.7. The molecule has 0 aromatic carbocycles. The maximum atomic E-state index is 11.8. The molecule has 1 amide bonds. The van der Waals surface area contributed by atoms with Crippen LogP contribution in [0.4, 0.5) is 0 Å². The Kier molecular flexibility index (Phi) is 4.06. The molecule has 94 valence electrons. The third-order valence-electron chi connectivity index (χ3n) is 2.00. The van der Waals surface area contributed by atoms with Gasteiger partial charge in [0.2, 0.25) is 5.89 Å². The molecule has 2 aromatic heterocycles. The number of aromatic nitrogens is 4. The number of nitrogens with zero attached hydrogens (tertiary/aromatic N) is 4.